The van der Waals surface area contributed by atoms with Crippen LogP contribution >= 0.6 is 0 Å². The SMILES string of the molecule is CC(n1nccn1)C(O)(Cn1cncn1)c1ccc(C(F)(F)F)cc1. The summed E-state index contributed by atoms with van der Waals surface area (Å²) in [4.78, 5) is 5.12. The first kappa shape index (κ1) is 17.1. The fourth-order valence-electron chi connectivity index (χ4n) is 2.59. The molecule has 25 heavy (non-hydrogen) atoms. The van der Waals surface area contributed by atoms with Gasteiger partial charge in [0.05, 0.1) is 24.5 Å². The summed E-state index contributed by atoms with van der Waals surface area (Å²) in [6.07, 6.45) is 1.19. The summed E-state index contributed by atoms with van der Waals surface area (Å²) in [7, 11) is 0. The normalized spacial score (nSPS) is 15.7. The van der Waals surface area contributed by atoms with Gasteiger partial charge in [0.1, 0.15) is 24.3 Å². The zero-order valence-electron chi connectivity index (χ0n) is 13.2. The maximum absolute atomic E-state index is 12.8. The summed E-state index contributed by atoms with van der Waals surface area (Å²) < 4.78 is 39.8. The number of hydrogen-bond acceptors (Lipinski definition) is 5. The van der Waals surface area contributed by atoms with Crippen LogP contribution in [0.3, 0.4) is 0 Å². The monoisotopic (exact) mass is 352 g/mol. The molecule has 0 spiro atoms. The highest BCUT2D eigenvalue weighted by molar-refractivity contribution is 5.29. The van der Waals surface area contributed by atoms with Crippen molar-refractivity contribution in [3.8, 4) is 0 Å². The van der Waals surface area contributed by atoms with Crippen molar-refractivity contribution < 1.29 is 18.3 Å². The largest absolute Gasteiger partial charge is 0.416 e. The molecule has 0 saturated carbocycles. The molecule has 2 aromatic heterocycles. The maximum Gasteiger partial charge on any atom is 0.416 e. The zero-order valence-corrected chi connectivity index (χ0v) is 13.2. The predicted octanol–water partition coefficient (Wildman–Crippen LogP) is 2.04. The highest BCUT2D eigenvalue weighted by atomic mass is 19.4. The summed E-state index contributed by atoms with van der Waals surface area (Å²) in [6.45, 7) is 1.65. The lowest BCUT2D eigenvalue weighted by molar-refractivity contribution is -0.137. The lowest BCUT2D eigenvalue weighted by Crippen LogP contribution is -2.40. The number of halogens is 3. The first-order chi connectivity index (χ1) is 11.8. The topological polar surface area (TPSA) is 81.6 Å². The Kier molecular flexibility index (Phi) is 4.29. The third-order valence-corrected chi connectivity index (χ3v) is 4.06. The van der Waals surface area contributed by atoms with Crippen molar-refractivity contribution in [2.75, 3.05) is 0 Å². The van der Waals surface area contributed by atoms with Crippen LogP contribution in [0.1, 0.15) is 24.1 Å². The summed E-state index contributed by atoms with van der Waals surface area (Å²) >= 11 is 0. The van der Waals surface area contributed by atoms with E-state index in [-0.39, 0.29) is 6.54 Å². The van der Waals surface area contributed by atoms with Crippen LogP contribution in [0.5, 0.6) is 0 Å². The van der Waals surface area contributed by atoms with Gasteiger partial charge in [0.2, 0.25) is 0 Å². The fraction of sp³-hybridized carbons (Fsp3) is 0.333. The van der Waals surface area contributed by atoms with Gasteiger partial charge in [-0.15, -0.1) is 0 Å². The molecule has 3 aromatic rings. The third-order valence-electron chi connectivity index (χ3n) is 4.06. The van der Waals surface area contributed by atoms with Crippen molar-refractivity contribution in [3.05, 3.63) is 60.4 Å². The molecule has 0 aliphatic carbocycles. The molecule has 0 fully saturated rings. The van der Waals surface area contributed by atoms with Gasteiger partial charge in [0.25, 0.3) is 0 Å². The average molecular weight is 352 g/mol. The molecular weight excluding hydrogens is 337 g/mol. The number of nitrogens with zero attached hydrogens (tertiary/aromatic N) is 6. The first-order valence-corrected chi connectivity index (χ1v) is 7.39. The number of hydrogen-bond donors (Lipinski definition) is 1. The van der Waals surface area contributed by atoms with E-state index < -0.39 is 23.4 Å². The molecule has 0 aliphatic heterocycles. The van der Waals surface area contributed by atoms with Crippen LogP contribution in [0.4, 0.5) is 13.2 Å². The van der Waals surface area contributed by atoms with E-state index in [4.69, 9.17) is 0 Å². The molecule has 0 amide bonds. The Hall–Kier alpha value is -2.75. The van der Waals surface area contributed by atoms with E-state index in [0.29, 0.717) is 5.56 Å². The minimum Gasteiger partial charge on any atom is -0.381 e. The molecule has 0 radical (unpaired) electrons. The van der Waals surface area contributed by atoms with Gasteiger partial charge < -0.3 is 5.11 Å². The summed E-state index contributed by atoms with van der Waals surface area (Å²) in [6, 6.07) is 3.71. The Morgan fingerprint density at radius 3 is 2.16 bits per heavy atom. The molecule has 1 aromatic carbocycles. The number of benzene rings is 1. The molecule has 10 heteroatoms. The zero-order chi connectivity index (χ0) is 18.1. The maximum atomic E-state index is 12.8. The highest BCUT2D eigenvalue weighted by Crippen LogP contribution is 2.36. The molecule has 0 saturated heterocycles. The molecular formula is C15H15F3N6O. The Balaban J connectivity index is 2.01. The van der Waals surface area contributed by atoms with Gasteiger partial charge in [-0.3, -0.25) is 0 Å². The van der Waals surface area contributed by atoms with Crippen LogP contribution in [0.2, 0.25) is 0 Å². The molecule has 2 unspecified atom stereocenters. The second kappa shape index (κ2) is 6.28. The number of aromatic nitrogens is 6. The lowest BCUT2D eigenvalue weighted by atomic mass is 9.86. The van der Waals surface area contributed by atoms with Crippen molar-refractivity contribution in [2.45, 2.75) is 31.3 Å². The van der Waals surface area contributed by atoms with E-state index in [0.717, 1.165) is 12.1 Å². The lowest BCUT2D eigenvalue weighted by Gasteiger charge is -2.34. The van der Waals surface area contributed by atoms with E-state index in [9.17, 15) is 18.3 Å². The number of rotatable bonds is 5. The van der Waals surface area contributed by atoms with Gasteiger partial charge in [0, 0.05) is 0 Å². The third kappa shape index (κ3) is 3.38. The molecule has 132 valence electrons. The van der Waals surface area contributed by atoms with Crippen LogP contribution < -0.4 is 0 Å². The van der Waals surface area contributed by atoms with Crippen molar-refractivity contribution in [1.82, 2.24) is 29.8 Å². The smallest absolute Gasteiger partial charge is 0.381 e. The Bertz CT molecular complexity index is 801. The van der Waals surface area contributed by atoms with Crippen molar-refractivity contribution >= 4 is 0 Å². The molecule has 2 atom stereocenters. The van der Waals surface area contributed by atoms with Gasteiger partial charge in [-0.1, -0.05) is 12.1 Å². The average Bonchev–Trinajstić information content (AvgIpc) is 3.27. The number of aliphatic hydroxyl groups is 1. The van der Waals surface area contributed by atoms with Gasteiger partial charge >= 0.3 is 6.18 Å². The van der Waals surface area contributed by atoms with Crippen LogP contribution in [0, 0.1) is 0 Å². The van der Waals surface area contributed by atoms with Crippen LogP contribution in [0.15, 0.2) is 49.3 Å². The van der Waals surface area contributed by atoms with Gasteiger partial charge in [-0.05, 0) is 24.6 Å². The van der Waals surface area contributed by atoms with E-state index in [1.807, 2.05) is 0 Å². The van der Waals surface area contributed by atoms with E-state index in [1.165, 1.54) is 46.7 Å². The Labute approximate surface area is 140 Å². The van der Waals surface area contributed by atoms with E-state index in [1.54, 1.807) is 6.92 Å². The quantitative estimate of drug-likeness (QED) is 0.760. The molecule has 0 bridgehead atoms. The van der Waals surface area contributed by atoms with E-state index >= 15 is 0 Å². The Morgan fingerprint density at radius 2 is 1.64 bits per heavy atom. The minimum atomic E-state index is -4.45. The van der Waals surface area contributed by atoms with Gasteiger partial charge in [-0.25, -0.2) is 9.67 Å². The van der Waals surface area contributed by atoms with Crippen molar-refractivity contribution in [3.63, 3.8) is 0 Å². The number of alkyl halides is 3. The summed E-state index contributed by atoms with van der Waals surface area (Å²) in [5, 5.41) is 23.3. The van der Waals surface area contributed by atoms with Gasteiger partial charge in [-0.2, -0.15) is 33.3 Å². The standard InChI is InChI=1S/C15H15F3N6O/c1-11(24-20-6-7-21-24)14(25,8-23-10-19-9-22-23)12-2-4-13(5-3-12)15(16,17)18/h2-7,9-11,25H,8H2,1H3. The van der Waals surface area contributed by atoms with E-state index in [2.05, 4.69) is 20.3 Å². The van der Waals surface area contributed by atoms with Crippen LogP contribution in [-0.4, -0.2) is 34.9 Å². The fourth-order valence-corrected chi connectivity index (χ4v) is 2.59. The van der Waals surface area contributed by atoms with Crippen LogP contribution in [-0.2, 0) is 18.3 Å². The summed E-state index contributed by atoms with van der Waals surface area (Å²) in [5.41, 5.74) is -2.10. The first-order valence-electron chi connectivity index (χ1n) is 7.39. The van der Waals surface area contributed by atoms with Crippen molar-refractivity contribution in [1.29, 1.82) is 0 Å². The van der Waals surface area contributed by atoms with Crippen LogP contribution in [0.25, 0.3) is 0 Å². The molecule has 3 rings (SSSR count). The van der Waals surface area contributed by atoms with Gasteiger partial charge in [0.15, 0.2) is 0 Å². The molecule has 2 heterocycles. The molecule has 7 nitrogen and oxygen atoms in total. The predicted molar refractivity (Wildman–Crippen MR) is 80.1 cm³/mol. The molecule has 1 N–H and O–H groups in total. The minimum absolute atomic E-state index is 0.0267. The second-order valence-electron chi connectivity index (χ2n) is 5.62. The highest BCUT2D eigenvalue weighted by Gasteiger charge is 2.40. The van der Waals surface area contributed by atoms with Crippen molar-refractivity contribution in [2.24, 2.45) is 0 Å². The second-order valence-corrected chi connectivity index (χ2v) is 5.62. The summed E-state index contributed by atoms with van der Waals surface area (Å²) in [5.74, 6) is 0. The molecule has 0 aliphatic rings. The Morgan fingerprint density at radius 1 is 1.04 bits per heavy atom.